The lowest BCUT2D eigenvalue weighted by Crippen LogP contribution is -2.34. The standard InChI is InChI=1S/C18H21NO5/c1-3-23-15-6-4-13(5-7-15)10-14(18(21)22)11-19-17(20)16-8-9-24-12(16)2/h4-9,14H,3,10-11H2,1-2H3,(H,19,20)(H,21,22). The van der Waals surface area contributed by atoms with Gasteiger partial charge < -0.3 is 19.6 Å². The Labute approximate surface area is 140 Å². The monoisotopic (exact) mass is 331 g/mol. The number of carbonyl (C=O) groups is 2. The summed E-state index contributed by atoms with van der Waals surface area (Å²) in [6, 6.07) is 8.86. The highest BCUT2D eigenvalue weighted by molar-refractivity contribution is 5.95. The van der Waals surface area contributed by atoms with Gasteiger partial charge in [-0.3, -0.25) is 9.59 Å². The number of amides is 1. The number of hydrogen-bond acceptors (Lipinski definition) is 4. The molecule has 0 fully saturated rings. The van der Waals surface area contributed by atoms with Crippen LogP contribution < -0.4 is 10.1 Å². The van der Waals surface area contributed by atoms with Gasteiger partial charge in [0, 0.05) is 6.54 Å². The second kappa shape index (κ2) is 8.19. The van der Waals surface area contributed by atoms with Gasteiger partial charge in [-0.1, -0.05) is 12.1 Å². The molecule has 1 aromatic heterocycles. The molecule has 1 aromatic carbocycles. The zero-order chi connectivity index (χ0) is 17.5. The molecule has 2 N–H and O–H groups in total. The summed E-state index contributed by atoms with van der Waals surface area (Å²) in [5, 5.41) is 12.0. The first-order valence-electron chi connectivity index (χ1n) is 7.78. The van der Waals surface area contributed by atoms with Crippen LogP contribution >= 0.6 is 0 Å². The van der Waals surface area contributed by atoms with E-state index < -0.39 is 11.9 Å². The Hall–Kier alpha value is -2.76. The van der Waals surface area contributed by atoms with E-state index in [9.17, 15) is 14.7 Å². The topological polar surface area (TPSA) is 88.8 Å². The van der Waals surface area contributed by atoms with Crippen LogP contribution in [0.25, 0.3) is 0 Å². The second-order valence-electron chi connectivity index (χ2n) is 5.42. The minimum absolute atomic E-state index is 0.0476. The first-order valence-corrected chi connectivity index (χ1v) is 7.78. The van der Waals surface area contributed by atoms with E-state index in [2.05, 4.69) is 5.32 Å². The number of nitrogens with one attached hydrogen (secondary N) is 1. The highest BCUT2D eigenvalue weighted by atomic mass is 16.5. The molecule has 2 rings (SSSR count). The normalized spacial score (nSPS) is 11.8. The van der Waals surface area contributed by atoms with Crippen molar-refractivity contribution < 1.29 is 23.8 Å². The van der Waals surface area contributed by atoms with Crippen molar-refractivity contribution in [2.75, 3.05) is 13.2 Å². The molecule has 1 unspecified atom stereocenters. The van der Waals surface area contributed by atoms with Gasteiger partial charge in [0.1, 0.15) is 11.5 Å². The molecule has 0 spiro atoms. The van der Waals surface area contributed by atoms with E-state index >= 15 is 0 Å². The molecule has 1 amide bonds. The molecule has 0 bridgehead atoms. The van der Waals surface area contributed by atoms with Crippen molar-refractivity contribution >= 4 is 11.9 Å². The zero-order valence-electron chi connectivity index (χ0n) is 13.7. The third-order valence-corrected chi connectivity index (χ3v) is 3.68. The summed E-state index contributed by atoms with van der Waals surface area (Å²) in [6.45, 7) is 4.21. The van der Waals surface area contributed by atoms with Crippen molar-refractivity contribution in [3.05, 3.63) is 53.5 Å². The molecule has 1 atom stereocenters. The van der Waals surface area contributed by atoms with Crippen LogP contribution in [0.3, 0.4) is 0 Å². The predicted octanol–water partition coefficient (Wildman–Crippen LogP) is 2.66. The van der Waals surface area contributed by atoms with Crippen molar-refractivity contribution in [2.24, 2.45) is 5.92 Å². The SMILES string of the molecule is CCOc1ccc(CC(CNC(=O)c2ccoc2C)C(=O)O)cc1. The van der Waals surface area contributed by atoms with E-state index in [1.807, 2.05) is 31.2 Å². The Balaban J connectivity index is 1.95. The summed E-state index contributed by atoms with van der Waals surface area (Å²) in [5.74, 6) is -0.742. The molecule has 0 saturated heterocycles. The number of aliphatic carboxylic acids is 1. The second-order valence-corrected chi connectivity index (χ2v) is 5.42. The first-order chi connectivity index (χ1) is 11.5. The van der Waals surface area contributed by atoms with Gasteiger partial charge in [0.05, 0.1) is 24.4 Å². The fourth-order valence-corrected chi connectivity index (χ4v) is 2.35. The number of ether oxygens (including phenoxy) is 1. The average molecular weight is 331 g/mol. The quantitative estimate of drug-likeness (QED) is 0.776. The van der Waals surface area contributed by atoms with E-state index in [0.29, 0.717) is 24.4 Å². The van der Waals surface area contributed by atoms with Gasteiger partial charge in [-0.2, -0.15) is 0 Å². The van der Waals surface area contributed by atoms with Crippen LogP contribution in [0.2, 0.25) is 0 Å². The molecule has 1 heterocycles. The summed E-state index contributed by atoms with van der Waals surface area (Å²) >= 11 is 0. The van der Waals surface area contributed by atoms with Crippen molar-refractivity contribution in [2.45, 2.75) is 20.3 Å². The van der Waals surface area contributed by atoms with Crippen LogP contribution in [-0.4, -0.2) is 30.1 Å². The van der Waals surface area contributed by atoms with E-state index in [0.717, 1.165) is 11.3 Å². The molecular formula is C18H21NO5. The van der Waals surface area contributed by atoms with Crippen LogP contribution in [-0.2, 0) is 11.2 Å². The molecule has 2 aromatic rings. The van der Waals surface area contributed by atoms with E-state index in [-0.39, 0.29) is 12.5 Å². The highest BCUT2D eigenvalue weighted by Crippen LogP contribution is 2.16. The molecule has 0 aliphatic rings. The fourth-order valence-electron chi connectivity index (χ4n) is 2.35. The number of rotatable bonds is 8. The Morgan fingerprint density at radius 2 is 1.96 bits per heavy atom. The lowest BCUT2D eigenvalue weighted by atomic mass is 9.99. The van der Waals surface area contributed by atoms with Gasteiger partial charge in [0.2, 0.25) is 0 Å². The number of furan rings is 1. The lowest BCUT2D eigenvalue weighted by Gasteiger charge is -2.14. The summed E-state index contributed by atoms with van der Waals surface area (Å²) in [6.07, 6.45) is 1.76. The maximum absolute atomic E-state index is 12.0. The van der Waals surface area contributed by atoms with Gasteiger partial charge in [-0.15, -0.1) is 0 Å². The van der Waals surface area contributed by atoms with Crippen LogP contribution in [0.15, 0.2) is 41.0 Å². The van der Waals surface area contributed by atoms with E-state index in [1.54, 1.807) is 13.0 Å². The number of benzene rings is 1. The fraction of sp³-hybridized carbons (Fsp3) is 0.333. The zero-order valence-corrected chi connectivity index (χ0v) is 13.7. The Morgan fingerprint density at radius 1 is 1.25 bits per heavy atom. The molecule has 24 heavy (non-hydrogen) atoms. The summed E-state index contributed by atoms with van der Waals surface area (Å²) in [4.78, 5) is 23.5. The Bertz CT molecular complexity index is 690. The van der Waals surface area contributed by atoms with E-state index in [1.165, 1.54) is 6.26 Å². The summed E-state index contributed by atoms with van der Waals surface area (Å²) < 4.78 is 10.4. The van der Waals surface area contributed by atoms with Gasteiger partial charge in [0.25, 0.3) is 5.91 Å². The van der Waals surface area contributed by atoms with Crippen molar-refractivity contribution in [1.29, 1.82) is 0 Å². The maximum Gasteiger partial charge on any atom is 0.308 e. The van der Waals surface area contributed by atoms with E-state index in [4.69, 9.17) is 9.15 Å². The third kappa shape index (κ3) is 4.62. The third-order valence-electron chi connectivity index (χ3n) is 3.68. The molecule has 0 radical (unpaired) electrons. The van der Waals surface area contributed by atoms with Gasteiger partial charge in [0.15, 0.2) is 0 Å². The smallest absolute Gasteiger partial charge is 0.308 e. The molecule has 0 aliphatic heterocycles. The summed E-state index contributed by atoms with van der Waals surface area (Å²) in [7, 11) is 0. The van der Waals surface area contributed by atoms with Crippen molar-refractivity contribution in [3.63, 3.8) is 0 Å². The average Bonchev–Trinajstić information content (AvgIpc) is 2.99. The number of carboxylic acid groups (broad SMARTS) is 1. The van der Waals surface area contributed by atoms with Crippen LogP contribution in [0, 0.1) is 12.8 Å². The van der Waals surface area contributed by atoms with Crippen LogP contribution in [0.4, 0.5) is 0 Å². The molecule has 128 valence electrons. The largest absolute Gasteiger partial charge is 0.494 e. The van der Waals surface area contributed by atoms with Gasteiger partial charge in [-0.05, 0) is 44.0 Å². The first kappa shape index (κ1) is 17.6. The highest BCUT2D eigenvalue weighted by Gasteiger charge is 2.20. The molecule has 0 saturated carbocycles. The Morgan fingerprint density at radius 3 is 2.50 bits per heavy atom. The number of carboxylic acids is 1. The van der Waals surface area contributed by atoms with Crippen molar-refractivity contribution in [1.82, 2.24) is 5.32 Å². The van der Waals surface area contributed by atoms with Crippen LogP contribution in [0.1, 0.15) is 28.6 Å². The molecule has 0 aliphatic carbocycles. The number of aryl methyl sites for hydroxylation is 1. The minimum Gasteiger partial charge on any atom is -0.494 e. The Kier molecular flexibility index (Phi) is 6.01. The molecule has 6 heteroatoms. The van der Waals surface area contributed by atoms with Gasteiger partial charge >= 0.3 is 5.97 Å². The lowest BCUT2D eigenvalue weighted by molar-refractivity contribution is -0.141. The van der Waals surface area contributed by atoms with Crippen molar-refractivity contribution in [3.8, 4) is 5.75 Å². The maximum atomic E-state index is 12.0. The molecule has 6 nitrogen and oxygen atoms in total. The molecular weight excluding hydrogens is 310 g/mol. The summed E-state index contributed by atoms with van der Waals surface area (Å²) in [5.41, 5.74) is 1.29. The van der Waals surface area contributed by atoms with Gasteiger partial charge in [-0.25, -0.2) is 0 Å². The van der Waals surface area contributed by atoms with Crippen LogP contribution in [0.5, 0.6) is 5.75 Å². The number of hydrogen-bond donors (Lipinski definition) is 2. The minimum atomic E-state index is -0.951. The number of carbonyl (C=O) groups excluding carboxylic acids is 1. The predicted molar refractivity (Wildman–Crippen MR) is 88.2 cm³/mol.